The quantitative estimate of drug-likeness (QED) is 0.786. The lowest BCUT2D eigenvalue weighted by molar-refractivity contribution is -0.133. The van der Waals surface area contributed by atoms with Crippen molar-refractivity contribution in [1.82, 2.24) is 4.90 Å². The summed E-state index contributed by atoms with van der Waals surface area (Å²) in [5.41, 5.74) is 0.643. The smallest absolute Gasteiger partial charge is 0.328 e. The largest absolute Gasteiger partial charge is 0.482 e. The van der Waals surface area contributed by atoms with Gasteiger partial charge in [0.2, 0.25) is 0 Å². The molecule has 1 N–H and O–H groups in total. The minimum atomic E-state index is -1.03. The van der Waals surface area contributed by atoms with Gasteiger partial charge in [0.25, 0.3) is 5.91 Å². The first kappa shape index (κ1) is 17.0. The van der Waals surface area contributed by atoms with E-state index in [2.05, 4.69) is 0 Å². The predicted molar refractivity (Wildman–Crippen MR) is 81.5 cm³/mol. The molecule has 0 radical (unpaired) electrons. The summed E-state index contributed by atoms with van der Waals surface area (Å²) < 4.78 is 5.40. The third-order valence-electron chi connectivity index (χ3n) is 2.84. The molecule has 0 atom stereocenters. The lowest BCUT2D eigenvalue weighted by Gasteiger charge is -2.18. The van der Waals surface area contributed by atoms with Gasteiger partial charge in [-0.05, 0) is 37.6 Å². The number of carboxylic acids is 1. The standard InChI is InChI=1S/C15H18ClNO4/c1-3-17(4-2)14(18)10-21-13-7-5-11(9-12(13)16)6-8-15(19)20/h5-9H,3-4,10H2,1-2H3,(H,19,20). The maximum Gasteiger partial charge on any atom is 0.328 e. The Bertz CT molecular complexity index is 538. The van der Waals surface area contributed by atoms with E-state index >= 15 is 0 Å². The molecule has 1 aromatic rings. The molecule has 1 aromatic carbocycles. The Balaban J connectivity index is 2.69. The zero-order valence-electron chi connectivity index (χ0n) is 12.0. The van der Waals surface area contributed by atoms with E-state index < -0.39 is 5.97 Å². The van der Waals surface area contributed by atoms with Crippen molar-refractivity contribution in [3.8, 4) is 5.75 Å². The van der Waals surface area contributed by atoms with Gasteiger partial charge in [0.05, 0.1) is 5.02 Å². The Hall–Kier alpha value is -2.01. The van der Waals surface area contributed by atoms with Crippen molar-refractivity contribution in [2.45, 2.75) is 13.8 Å². The van der Waals surface area contributed by atoms with E-state index in [4.69, 9.17) is 21.4 Å². The van der Waals surface area contributed by atoms with Gasteiger partial charge in [0.15, 0.2) is 6.61 Å². The summed E-state index contributed by atoms with van der Waals surface area (Å²) in [5, 5.41) is 8.88. The third kappa shape index (κ3) is 5.47. The fraction of sp³-hybridized carbons (Fsp3) is 0.333. The molecule has 0 spiro atoms. The number of aliphatic carboxylic acids is 1. The van der Waals surface area contributed by atoms with Crippen molar-refractivity contribution in [2.75, 3.05) is 19.7 Å². The minimum Gasteiger partial charge on any atom is -0.482 e. The second-order valence-electron chi connectivity index (χ2n) is 4.22. The number of carbonyl (C=O) groups excluding carboxylic acids is 1. The predicted octanol–water partition coefficient (Wildman–Crippen LogP) is 2.69. The highest BCUT2D eigenvalue weighted by Crippen LogP contribution is 2.26. The molecule has 6 heteroatoms. The molecule has 0 saturated heterocycles. The van der Waals surface area contributed by atoms with Crippen LogP contribution in [0.4, 0.5) is 0 Å². The van der Waals surface area contributed by atoms with E-state index in [-0.39, 0.29) is 12.5 Å². The maximum absolute atomic E-state index is 11.8. The lowest BCUT2D eigenvalue weighted by atomic mass is 10.2. The van der Waals surface area contributed by atoms with E-state index in [1.807, 2.05) is 13.8 Å². The zero-order chi connectivity index (χ0) is 15.8. The number of carboxylic acid groups (broad SMARTS) is 1. The van der Waals surface area contributed by atoms with Gasteiger partial charge >= 0.3 is 5.97 Å². The molecule has 114 valence electrons. The number of benzene rings is 1. The Morgan fingerprint density at radius 3 is 2.52 bits per heavy atom. The highest BCUT2D eigenvalue weighted by atomic mass is 35.5. The molecule has 0 bridgehead atoms. The fourth-order valence-corrected chi connectivity index (χ4v) is 1.96. The average molecular weight is 312 g/mol. The zero-order valence-corrected chi connectivity index (χ0v) is 12.8. The maximum atomic E-state index is 11.8. The van der Waals surface area contributed by atoms with Crippen molar-refractivity contribution in [1.29, 1.82) is 0 Å². The van der Waals surface area contributed by atoms with Crippen LogP contribution in [0.15, 0.2) is 24.3 Å². The summed E-state index contributed by atoms with van der Waals surface area (Å²) in [7, 11) is 0. The van der Waals surface area contributed by atoms with Crippen LogP contribution in [0.3, 0.4) is 0 Å². The van der Waals surface area contributed by atoms with Crippen molar-refractivity contribution < 1.29 is 19.4 Å². The second-order valence-corrected chi connectivity index (χ2v) is 4.62. The third-order valence-corrected chi connectivity index (χ3v) is 3.14. The van der Waals surface area contributed by atoms with Crippen LogP contribution in [0.25, 0.3) is 6.08 Å². The van der Waals surface area contributed by atoms with Gasteiger partial charge in [0.1, 0.15) is 5.75 Å². The van der Waals surface area contributed by atoms with Crippen LogP contribution in [0.1, 0.15) is 19.4 Å². The van der Waals surface area contributed by atoms with E-state index in [0.717, 1.165) is 6.08 Å². The van der Waals surface area contributed by atoms with Gasteiger partial charge in [0, 0.05) is 19.2 Å². The molecule has 1 amide bonds. The first-order valence-electron chi connectivity index (χ1n) is 6.59. The lowest BCUT2D eigenvalue weighted by Crippen LogP contribution is -2.34. The first-order chi connectivity index (χ1) is 9.97. The molecule has 0 saturated carbocycles. The van der Waals surface area contributed by atoms with Crippen molar-refractivity contribution in [2.24, 2.45) is 0 Å². The van der Waals surface area contributed by atoms with Gasteiger partial charge in [-0.2, -0.15) is 0 Å². The summed E-state index contributed by atoms with van der Waals surface area (Å²) in [6.45, 7) is 4.98. The topological polar surface area (TPSA) is 66.8 Å². The molecule has 1 rings (SSSR count). The number of nitrogens with zero attached hydrogens (tertiary/aromatic N) is 1. The van der Waals surface area contributed by atoms with Crippen LogP contribution in [0, 0.1) is 0 Å². The van der Waals surface area contributed by atoms with Gasteiger partial charge in [-0.25, -0.2) is 4.79 Å². The summed E-state index contributed by atoms with van der Waals surface area (Å²) in [6, 6.07) is 4.86. The van der Waals surface area contributed by atoms with Crippen LogP contribution in [-0.4, -0.2) is 41.6 Å². The van der Waals surface area contributed by atoms with E-state index in [9.17, 15) is 9.59 Å². The molecular weight excluding hydrogens is 294 g/mol. The first-order valence-corrected chi connectivity index (χ1v) is 6.96. The number of hydrogen-bond donors (Lipinski definition) is 1. The molecule has 0 heterocycles. The van der Waals surface area contributed by atoms with Gasteiger partial charge < -0.3 is 14.7 Å². The molecular formula is C15H18ClNO4. The van der Waals surface area contributed by atoms with Crippen molar-refractivity contribution in [3.63, 3.8) is 0 Å². The molecule has 0 unspecified atom stereocenters. The molecule has 5 nitrogen and oxygen atoms in total. The Morgan fingerprint density at radius 2 is 2.00 bits per heavy atom. The Morgan fingerprint density at radius 1 is 1.33 bits per heavy atom. The summed E-state index contributed by atoms with van der Waals surface area (Å²) >= 11 is 6.04. The summed E-state index contributed by atoms with van der Waals surface area (Å²) in [5.74, 6) is -0.744. The normalized spacial score (nSPS) is 10.6. The van der Waals surface area contributed by atoms with E-state index in [1.54, 1.807) is 23.1 Å². The number of carbonyl (C=O) groups is 2. The number of ether oxygens (including phenoxy) is 1. The second kappa shape index (κ2) is 8.32. The molecule has 0 aliphatic heterocycles. The fourth-order valence-electron chi connectivity index (χ4n) is 1.71. The number of amides is 1. The highest BCUT2D eigenvalue weighted by molar-refractivity contribution is 6.32. The molecule has 21 heavy (non-hydrogen) atoms. The number of halogens is 1. The van der Waals surface area contributed by atoms with Gasteiger partial charge in [-0.1, -0.05) is 17.7 Å². The van der Waals surface area contributed by atoms with Crippen LogP contribution >= 0.6 is 11.6 Å². The number of rotatable bonds is 7. The Labute approximate surface area is 128 Å². The van der Waals surface area contributed by atoms with Crippen LogP contribution in [0.5, 0.6) is 5.75 Å². The van der Waals surface area contributed by atoms with Crippen molar-refractivity contribution >= 4 is 29.6 Å². The Kier molecular flexibility index (Phi) is 6.75. The van der Waals surface area contributed by atoms with Crippen molar-refractivity contribution in [3.05, 3.63) is 34.9 Å². The average Bonchev–Trinajstić information content (AvgIpc) is 2.45. The summed E-state index contributed by atoms with van der Waals surface area (Å²) in [4.78, 5) is 23.9. The monoisotopic (exact) mass is 311 g/mol. The molecule has 0 aliphatic carbocycles. The van der Waals surface area contributed by atoms with Crippen LogP contribution in [0.2, 0.25) is 5.02 Å². The molecule has 0 aliphatic rings. The van der Waals surface area contributed by atoms with Crippen LogP contribution in [-0.2, 0) is 9.59 Å². The van der Waals surface area contributed by atoms with E-state index in [0.29, 0.717) is 29.4 Å². The van der Waals surface area contributed by atoms with Gasteiger partial charge in [-0.15, -0.1) is 0 Å². The van der Waals surface area contributed by atoms with Gasteiger partial charge in [-0.3, -0.25) is 4.79 Å². The minimum absolute atomic E-state index is 0.0777. The molecule has 0 aromatic heterocycles. The van der Waals surface area contributed by atoms with E-state index in [1.165, 1.54) is 6.08 Å². The molecule has 0 fully saturated rings. The number of likely N-dealkylation sites (N-methyl/N-ethyl adjacent to an activating group) is 1. The number of hydrogen-bond acceptors (Lipinski definition) is 3. The highest BCUT2D eigenvalue weighted by Gasteiger charge is 2.11. The van der Waals surface area contributed by atoms with Crippen LogP contribution < -0.4 is 4.74 Å². The SMILES string of the molecule is CCN(CC)C(=O)COc1ccc(C=CC(=O)O)cc1Cl. The summed E-state index contributed by atoms with van der Waals surface area (Å²) in [6.07, 6.45) is 2.45.